The molecule has 0 atom stereocenters. The first kappa shape index (κ1) is 16.5. The minimum absolute atomic E-state index is 0.185. The van der Waals surface area contributed by atoms with E-state index < -0.39 is 0 Å². The highest BCUT2D eigenvalue weighted by molar-refractivity contribution is 5.88. The lowest BCUT2D eigenvalue weighted by molar-refractivity contribution is 0.0983. The smallest absolute Gasteiger partial charge is 0.320 e. The number of aromatic nitrogens is 2. The monoisotopic (exact) mass is 307 g/mol. The number of methoxy groups -OCH3 is 1. The lowest BCUT2D eigenvalue weighted by Gasteiger charge is -2.40. The highest BCUT2D eigenvalue weighted by Crippen LogP contribution is 2.20. The lowest BCUT2D eigenvalue weighted by atomic mass is 9.98. The van der Waals surface area contributed by atoms with E-state index in [-0.39, 0.29) is 17.6 Å². The van der Waals surface area contributed by atoms with Crippen molar-refractivity contribution >= 4 is 11.8 Å². The van der Waals surface area contributed by atoms with Gasteiger partial charge in [0.2, 0.25) is 5.88 Å². The van der Waals surface area contributed by atoms with Crippen molar-refractivity contribution in [2.45, 2.75) is 45.2 Å². The van der Waals surface area contributed by atoms with Gasteiger partial charge in [0, 0.05) is 30.7 Å². The number of amides is 2. The molecule has 0 aromatic carbocycles. The van der Waals surface area contributed by atoms with Gasteiger partial charge in [0.05, 0.1) is 7.11 Å². The number of nitrogens with zero attached hydrogens (tertiary/aromatic N) is 3. The van der Waals surface area contributed by atoms with Crippen LogP contribution in [0.2, 0.25) is 0 Å². The van der Waals surface area contributed by atoms with E-state index in [1.54, 1.807) is 6.07 Å². The van der Waals surface area contributed by atoms with Crippen molar-refractivity contribution in [2.75, 3.05) is 25.5 Å². The molecular formula is C15H25N5O2. The van der Waals surface area contributed by atoms with E-state index in [9.17, 15) is 4.79 Å². The number of carbonyl (C=O) groups is 1. The molecule has 2 rings (SSSR count). The third-order valence-corrected chi connectivity index (χ3v) is 3.87. The number of ether oxygens (including phenoxy) is 1. The normalized spacial score (nSPS) is 17.1. The van der Waals surface area contributed by atoms with Crippen molar-refractivity contribution in [1.29, 1.82) is 0 Å². The fraction of sp³-hybridized carbons (Fsp3) is 0.667. The van der Waals surface area contributed by atoms with Crippen LogP contribution in [0.1, 0.15) is 33.6 Å². The summed E-state index contributed by atoms with van der Waals surface area (Å²) in [5.41, 5.74) is 0.185. The summed E-state index contributed by atoms with van der Waals surface area (Å²) < 4.78 is 5.00. The van der Waals surface area contributed by atoms with Gasteiger partial charge in [-0.2, -0.15) is 0 Å². The number of nitrogens with one attached hydrogen (secondary N) is 2. The Morgan fingerprint density at radius 1 is 1.32 bits per heavy atom. The number of carbonyl (C=O) groups excluding carboxylic acids is 1. The molecule has 1 fully saturated rings. The molecular weight excluding hydrogens is 282 g/mol. The first-order valence-corrected chi connectivity index (χ1v) is 7.57. The van der Waals surface area contributed by atoms with E-state index in [0.29, 0.717) is 11.7 Å². The van der Waals surface area contributed by atoms with Crippen LogP contribution in [0, 0.1) is 0 Å². The Hall–Kier alpha value is -1.89. The minimum Gasteiger partial charge on any atom is -0.481 e. The van der Waals surface area contributed by atoms with Gasteiger partial charge in [0.25, 0.3) is 0 Å². The number of rotatable bonds is 3. The highest BCUT2D eigenvalue weighted by Gasteiger charge is 2.27. The summed E-state index contributed by atoms with van der Waals surface area (Å²) >= 11 is 0. The molecule has 7 heteroatoms. The summed E-state index contributed by atoms with van der Waals surface area (Å²) in [6.45, 7) is 8.65. The van der Waals surface area contributed by atoms with Gasteiger partial charge in [-0.3, -0.25) is 10.2 Å². The van der Waals surface area contributed by atoms with Gasteiger partial charge >= 0.3 is 6.03 Å². The van der Waals surface area contributed by atoms with Crippen LogP contribution in [0.25, 0.3) is 0 Å². The Bertz CT molecular complexity index is 507. The molecule has 1 aliphatic heterocycles. The van der Waals surface area contributed by atoms with E-state index in [4.69, 9.17) is 4.74 Å². The number of hydrogen-bond donors (Lipinski definition) is 2. The number of piperidine rings is 1. The van der Waals surface area contributed by atoms with Gasteiger partial charge in [0.1, 0.15) is 12.1 Å². The standard InChI is InChI=1S/C15H25N5O2/c1-15(2,3)20-7-5-11(6-8-20)18-14(21)19-12-9-13(22-4)17-10-16-12/h9-11H,5-8H2,1-4H3,(H2,16,17,18,19,21). The lowest BCUT2D eigenvalue weighted by Crippen LogP contribution is -2.51. The molecule has 0 unspecified atom stereocenters. The number of anilines is 1. The van der Waals surface area contributed by atoms with Crippen LogP contribution in [0.5, 0.6) is 5.88 Å². The molecule has 2 N–H and O–H groups in total. The molecule has 22 heavy (non-hydrogen) atoms. The van der Waals surface area contributed by atoms with Gasteiger partial charge in [-0.15, -0.1) is 0 Å². The summed E-state index contributed by atoms with van der Waals surface area (Å²) in [5.74, 6) is 0.847. The van der Waals surface area contributed by atoms with Crippen molar-refractivity contribution in [1.82, 2.24) is 20.2 Å². The third kappa shape index (κ3) is 4.56. The van der Waals surface area contributed by atoms with Crippen LogP contribution in [-0.2, 0) is 0 Å². The highest BCUT2D eigenvalue weighted by atomic mass is 16.5. The number of hydrogen-bond acceptors (Lipinski definition) is 5. The summed E-state index contributed by atoms with van der Waals surface area (Å²) in [6, 6.07) is 1.54. The van der Waals surface area contributed by atoms with Crippen molar-refractivity contribution in [3.63, 3.8) is 0 Å². The van der Waals surface area contributed by atoms with Gasteiger partial charge in [-0.05, 0) is 33.6 Å². The van der Waals surface area contributed by atoms with E-state index in [1.165, 1.54) is 13.4 Å². The topological polar surface area (TPSA) is 79.4 Å². The molecule has 2 amide bonds. The van der Waals surface area contributed by atoms with Crippen molar-refractivity contribution < 1.29 is 9.53 Å². The van der Waals surface area contributed by atoms with Crippen LogP contribution in [0.3, 0.4) is 0 Å². The summed E-state index contributed by atoms with van der Waals surface area (Å²) in [7, 11) is 1.52. The molecule has 1 aromatic heterocycles. The van der Waals surface area contributed by atoms with E-state index >= 15 is 0 Å². The molecule has 2 heterocycles. The fourth-order valence-corrected chi connectivity index (χ4v) is 2.55. The molecule has 1 aliphatic rings. The second-order valence-corrected chi connectivity index (χ2v) is 6.48. The zero-order valence-electron chi connectivity index (χ0n) is 13.7. The number of urea groups is 1. The zero-order valence-corrected chi connectivity index (χ0v) is 13.7. The fourth-order valence-electron chi connectivity index (χ4n) is 2.55. The van der Waals surface area contributed by atoms with Crippen LogP contribution in [-0.4, -0.2) is 52.7 Å². The maximum atomic E-state index is 12.0. The second kappa shape index (κ2) is 6.91. The molecule has 0 bridgehead atoms. The molecule has 7 nitrogen and oxygen atoms in total. The van der Waals surface area contributed by atoms with Gasteiger partial charge in [0.15, 0.2) is 0 Å². The van der Waals surface area contributed by atoms with E-state index in [2.05, 4.69) is 46.3 Å². The van der Waals surface area contributed by atoms with Gasteiger partial charge < -0.3 is 10.1 Å². The van der Waals surface area contributed by atoms with Crippen LogP contribution in [0.15, 0.2) is 12.4 Å². The predicted octanol–water partition coefficient (Wildman–Crippen LogP) is 1.87. The Kier molecular flexibility index (Phi) is 5.18. The maximum Gasteiger partial charge on any atom is 0.320 e. The molecule has 0 saturated carbocycles. The average Bonchev–Trinajstić information content (AvgIpc) is 2.47. The first-order valence-electron chi connectivity index (χ1n) is 7.57. The molecule has 122 valence electrons. The third-order valence-electron chi connectivity index (χ3n) is 3.87. The van der Waals surface area contributed by atoms with Crippen molar-refractivity contribution in [3.05, 3.63) is 12.4 Å². The van der Waals surface area contributed by atoms with Crippen LogP contribution in [0.4, 0.5) is 10.6 Å². The summed E-state index contributed by atoms with van der Waals surface area (Å²) in [5, 5.41) is 5.71. The molecule has 0 radical (unpaired) electrons. The molecule has 0 aliphatic carbocycles. The Morgan fingerprint density at radius 3 is 2.59 bits per heavy atom. The second-order valence-electron chi connectivity index (χ2n) is 6.48. The minimum atomic E-state index is -0.241. The Morgan fingerprint density at radius 2 is 2.00 bits per heavy atom. The summed E-state index contributed by atoms with van der Waals surface area (Å²) in [4.78, 5) is 22.4. The number of likely N-dealkylation sites (tertiary alicyclic amines) is 1. The molecule has 0 spiro atoms. The molecule has 1 saturated heterocycles. The summed E-state index contributed by atoms with van der Waals surface area (Å²) in [6.07, 6.45) is 3.27. The maximum absolute atomic E-state index is 12.0. The predicted molar refractivity (Wildman–Crippen MR) is 85.1 cm³/mol. The SMILES string of the molecule is COc1cc(NC(=O)NC2CCN(C(C)(C)C)CC2)ncn1. The van der Waals surface area contributed by atoms with Crippen LogP contribution < -0.4 is 15.4 Å². The van der Waals surface area contributed by atoms with E-state index in [1.807, 2.05) is 0 Å². The largest absolute Gasteiger partial charge is 0.481 e. The quantitative estimate of drug-likeness (QED) is 0.891. The van der Waals surface area contributed by atoms with Crippen LogP contribution >= 0.6 is 0 Å². The Balaban J connectivity index is 1.81. The molecule has 1 aromatic rings. The van der Waals surface area contributed by atoms with Gasteiger partial charge in [-0.1, -0.05) is 0 Å². The Labute approximate surface area is 131 Å². The van der Waals surface area contributed by atoms with Gasteiger partial charge in [-0.25, -0.2) is 14.8 Å². The van der Waals surface area contributed by atoms with E-state index in [0.717, 1.165) is 25.9 Å². The zero-order chi connectivity index (χ0) is 16.2. The first-order chi connectivity index (χ1) is 10.4. The average molecular weight is 307 g/mol. The van der Waals surface area contributed by atoms with Crippen molar-refractivity contribution in [3.8, 4) is 5.88 Å². The van der Waals surface area contributed by atoms with Crippen molar-refractivity contribution in [2.24, 2.45) is 0 Å².